The van der Waals surface area contributed by atoms with E-state index in [1.54, 1.807) is 13.0 Å². The minimum Gasteiger partial charge on any atom is -0.377 e. The summed E-state index contributed by atoms with van der Waals surface area (Å²) in [6.45, 7) is 1.75. The lowest BCUT2D eigenvalue weighted by Crippen LogP contribution is -2.05. The van der Waals surface area contributed by atoms with Gasteiger partial charge in [-0.1, -0.05) is 15.9 Å². The highest BCUT2D eigenvalue weighted by atomic mass is 79.9. The van der Waals surface area contributed by atoms with Gasteiger partial charge in [-0.3, -0.25) is 10.1 Å². The summed E-state index contributed by atoms with van der Waals surface area (Å²) in [6, 6.07) is 4.02. The summed E-state index contributed by atoms with van der Waals surface area (Å²) in [4.78, 5) is 10.6. The van der Waals surface area contributed by atoms with Gasteiger partial charge >= 0.3 is 0 Å². The summed E-state index contributed by atoms with van der Waals surface area (Å²) < 4.78 is 0.774. The lowest BCUT2D eigenvalue weighted by molar-refractivity contribution is -0.384. The average Bonchev–Trinajstić information content (AvgIpc) is 2.95. The smallest absolute Gasteiger partial charge is 0.296 e. The fourth-order valence-electron chi connectivity index (χ4n) is 1.47. The minimum absolute atomic E-state index is 0.177. The highest BCUT2D eigenvalue weighted by molar-refractivity contribution is 9.10. The van der Waals surface area contributed by atoms with E-state index in [0.717, 1.165) is 17.3 Å². The first-order chi connectivity index (χ1) is 7.09. The second-order valence-corrected chi connectivity index (χ2v) is 4.60. The van der Waals surface area contributed by atoms with Crippen LogP contribution in [0.2, 0.25) is 0 Å². The van der Waals surface area contributed by atoms with Crippen molar-refractivity contribution >= 4 is 27.3 Å². The van der Waals surface area contributed by atoms with Crippen LogP contribution in [0.5, 0.6) is 0 Å². The van der Waals surface area contributed by atoms with Crippen LogP contribution in [0.15, 0.2) is 16.6 Å². The van der Waals surface area contributed by atoms with Crippen LogP contribution in [0.3, 0.4) is 0 Å². The summed E-state index contributed by atoms with van der Waals surface area (Å²) in [6.07, 6.45) is 2.21. The van der Waals surface area contributed by atoms with Gasteiger partial charge in [-0.25, -0.2) is 0 Å². The molecule has 0 radical (unpaired) electrons. The zero-order chi connectivity index (χ0) is 11.0. The highest BCUT2D eigenvalue weighted by Gasteiger charge is 2.26. The first kappa shape index (κ1) is 10.4. The first-order valence-electron chi connectivity index (χ1n) is 4.79. The number of rotatable bonds is 3. The molecule has 1 fully saturated rings. The molecular formula is C10H11BrN2O2. The molecule has 0 saturated heterocycles. The predicted molar refractivity (Wildman–Crippen MR) is 62.2 cm³/mol. The van der Waals surface area contributed by atoms with Crippen molar-refractivity contribution in [3.05, 3.63) is 32.3 Å². The molecule has 0 atom stereocenters. The molecule has 0 amide bonds. The van der Waals surface area contributed by atoms with E-state index >= 15 is 0 Å². The van der Waals surface area contributed by atoms with Crippen LogP contribution >= 0.6 is 15.9 Å². The number of halogens is 1. The summed E-state index contributed by atoms with van der Waals surface area (Å²) in [7, 11) is 0. The van der Waals surface area contributed by atoms with Crippen LogP contribution in [0.4, 0.5) is 11.4 Å². The van der Waals surface area contributed by atoms with Crippen molar-refractivity contribution in [2.24, 2.45) is 0 Å². The Morgan fingerprint density at radius 1 is 1.53 bits per heavy atom. The number of nitro groups is 1. The summed E-state index contributed by atoms with van der Waals surface area (Å²) in [5.74, 6) is 0. The maximum atomic E-state index is 10.9. The van der Waals surface area contributed by atoms with Gasteiger partial charge < -0.3 is 5.32 Å². The maximum absolute atomic E-state index is 10.9. The number of hydrogen-bond donors (Lipinski definition) is 1. The molecule has 1 aliphatic carbocycles. The molecule has 15 heavy (non-hydrogen) atoms. The highest BCUT2D eigenvalue weighted by Crippen LogP contribution is 2.36. The first-order valence-corrected chi connectivity index (χ1v) is 5.59. The second kappa shape index (κ2) is 3.81. The molecule has 0 aliphatic heterocycles. The molecule has 2 rings (SSSR count). The molecule has 1 aromatic carbocycles. The third-order valence-corrected chi connectivity index (χ3v) is 3.34. The zero-order valence-electron chi connectivity index (χ0n) is 8.29. The Morgan fingerprint density at radius 3 is 2.73 bits per heavy atom. The summed E-state index contributed by atoms with van der Waals surface area (Å²) in [5.41, 5.74) is 1.48. The Balaban J connectivity index is 2.42. The molecule has 1 aliphatic rings. The Labute approximate surface area is 96.0 Å². The number of nitrogens with zero attached hydrogens (tertiary/aromatic N) is 1. The molecule has 0 heterocycles. The summed E-state index contributed by atoms with van der Waals surface area (Å²) in [5, 5.41) is 14.1. The van der Waals surface area contributed by atoms with Gasteiger partial charge in [-0.05, 0) is 31.9 Å². The molecule has 0 aromatic heterocycles. The molecule has 1 saturated carbocycles. The van der Waals surface area contributed by atoms with E-state index in [1.807, 2.05) is 6.07 Å². The van der Waals surface area contributed by atoms with Gasteiger partial charge in [0.05, 0.1) is 4.92 Å². The van der Waals surface area contributed by atoms with E-state index in [0.29, 0.717) is 17.3 Å². The lowest BCUT2D eigenvalue weighted by Gasteiger charge is -2.08. The van der Waals surface area contributed by atoms with Crippen LogP contribution in [-0.4, -0.2) is 11.0 Å². The van der Waals surface area contributed by atoms with E-state index in [9.17, 15) is 10.1 Å². The quantitative estimate of drug-likeness (QED) is 0.678. The van der Waals surface area contributed by atoms with Gasteiger partial charge in [0.2, 0.25) is 0 Å². The zero-order valence-corrected chi connectivity index (χ0v) is 9.87. The third-order valence-electron chi connectivity index (χ3n) is 2.48. The molecule has 5 heteroatoms. The fourth-order valence-corrected chi connectivity index (χ4v) is 1.79. The van der Waals surface area contributed by atoms with E-state index in [4.69, 9.17) is 0 Å². The average molecular weight is 271 g/mol. The molecule has 0 unspecified atom stereocenters. The Hall–Kier alpha value is -1.10. The van der Waals surface area contributed by atoms with Crippen molar-refractivity contribution < 1.29 is 4.92 Å². The molecule has 80 valence electrons. The molecule has 1 aromatic rings. The number of hydrogen-bond acceptors (Lipinski definition) is 3. The fraction of sp³-hybridized carbons (Fsp3) is 0.400. The molecule has 1 N–H and O–H groups in total. The number of anilines is 1. The number of nitrogens with one attached hydrogen (secondary N) is 1. The largest absolute Gasteiger partial charge is 0.377 e. The normalized spacial score (nSPS) is 15.1. The van der Waals surface area contributed by atoms with Crippen LogP contribution in [0, 0.1) is 17.0 Å². The van der Waals surface area contributed by atoms with Crippen molar-refractivity contribution in [2.45, 2.75) is 25.8 Å². The van der Waals surface area contributed by atoms with Crippen LogP contribution < -0.4 is 5.32 Å². The van der Waals surface area contributed by atoms with Gasteiger partial charge in [0.15, 0.2) is 0 Å². The molecule has 0 bridgehead atoms. The molecular weight excluding hydrogens is 260 g/mol. The van der Waals surface area contributed by atoms with Gasteiger partial charge in [0.1, 0.15) is 5.69 Å². The Kier molecular flexibility index (Phi) is 2.65. The SMILES string of the molecule is Cc1c(Br)ccc(NC2CC2)c1[N+](=O)[O-]. The van der Waals surface area contributed by atoms with Crippen LogP contribution in [0.1, 0.15) is 18.4 Å². The Morgan fingerprint density at radius 2 is 2.20 bits per heavy atom. The maximum Gasteiger partial charge on any atom is 0.296 e. The Bertz CT molecular complexity index is 416. The van der Waals surface area contributed by atoms with Crippen LogP contribution in [0.25, 0.3) is 0 Å². The van der Waals surface area contributed by atoms with Gasteiger partial charge in [0.25, 0.3) is 5.69 Å². The number of nitro benzene ring substituents is 1. The third kappa shape index (κ3) is 2.12. The van der Waals surface area contributed by atoms with Crippen molar-refractivity contribution in [3.63, 3.8) is 0 Å². The monoisotopic (exact) mass is 270 g/mol. The summed E-state index contributed by atoms with van der Waals surface area (Å²) >= 11 is 3.30. The predicted octanol–water partition coefficient (Wildman–Crippen LogP) is 3.24. The van der Waals surface area contributed by atoms with E-state index in [1.165, 1.54) is 0 Å². The number of benzene rings is 1. The van der Waals surface area contributed by atoms with Gasteiger partial charge in [-0.2, -0.15) is 0 Å². The molecule has 0 spiro atoms. The van der Waals surface area contributed by atoms with E-state index in [-0.39, 0.29) is 10.6 Å². The van der Waals surface area contributed by atoms with Crippen molar-refractivity contribution in [1.82, 2.24) is 0 Å². The van der Waals surface area contributed by atoms with Crippen molar-refractivity contribution in [2.75, 3.05) is 5.32 Å². The standard InChI is InChI=1S/C10H11BrN2O2/c1-6-8(11)4-5-9(10(6)13(14)15)12-7-2-3-7/h4-5,7,12H,2-3H2,1H3. The van der Waals surface area contributed by atoms with Crippen molar-refractivity contribution in [3.8, 4) is 0 Å². The molecule has 4 nitrogen and oxygen atoms in total. The van der Waals surface area contributed by atoms with Gasteiger partial charge in [-0.15, -0.1) is 0 Å². The van der Waals surface area contributed by atoms with Crippen LogP contribution in [-0.2, 0) is 0 Å². The second-order valence-electron chi connectivity index (χ2n) is 3.74. The van der Waals surface area contributed by atoms with Gasteiger partial charge in [0, 0.05) is 16.1 Å². The topological polar surface area (TPSA) is 55.2 Å². The van der Waals surface area contributed by atoms with E-state index < -0.39 is 0 Å². The minimum atomic E-state index is -0.329. The van der Waals surface area contributed by atoms with Crippen molar-refractivity contribution in [1.29, 1.82) is 0 Å². The lowest BCUT2D eigenvalue weighted by atomic mass is 10.1. The van der Waals surface area contributed by atoms with E-state index in [2.05, 4.69) is 21.2 Å².